The number of halogens is 1. The maximum absolute atomic E-state index is 12.8. The van der Waals surface area contributed by atoms with Gasteiger partial charge >= 0.3 is 5.91 Å². The minimum atomic E-state index is -0.875. The number of carbonyl (C=O) groups is 1. The van der Waals surface area contributed by atoms with Crippen LogP contribution in [-0.2, 0) is 4.79 Å². The van der Waals surface area contributed by atoms with E-state index in [9.17, 15) is 9.18 Å². The van der Waals surface area contributed by atoms with Gasteiger partial charge in [0.25, 0.3) is 0 Å². The Morgan fingerprint density at radius 3 is 2.75 bits per heavy atom. The Morgan fingerprint density at radius 1 is 1.50 bits per heavy atom. The summed E-state index contributed by atoms with van der Waals surface area (Å²) in [6.45, 7) is 0. The number of para-hydroxylation sites is 1. The molecule has 0 unspecified atom stereocenters. The number of nitrogens with zero attached hydrogens (tertiary/aromatic N) is 1. The van der Waals surface area contributed by atoms with Crippen molar-refractivity contribution in [1.29, 1.82) is 5.26 Å². The minimum absolute atomic E-state index is 0.0176. The van der Waals surface area contributed by atoms with Crippen molar-refractivity contribution in [2.45, 2.75) is 0 Å². The highest BCUT2D eigenvalue weighted by molar-refractivity contribution is 6.02. The molecule has 0 fully saturated rings. The Bertz CT molecular complexity index is 343. The number of hydrogen-bond acceptors (Lipinski definition) is 2. The van der Waals surface area contributed by atoms with E-state index < -0.39 is 11.7 Å². The Labute approximate surface area is 68.4 Å². The van der Waals surface area contributed by atoms with Crippen molar-refractivity contribution in [1.82, 2.24) is 0 Å². The molecule has 1 amide bonds. The molecule has 0 spiro atoms. The van der Waals surface area contributed by atoms with Crippen LogP contribution in [0.4, 0.5) is 10.1 Å². The Morgan fingerprint density at radius 2 is 2.17 bits per heavy atom. The third-order valence-corrected chi connectivity index (χ3v) is 1.22. The molecule has 0 aliphatic heterocycles. The summed E-state index contributed by atoms with van der Waals surface area (Å²) in [5.41, 5.74) is 0.0176. The highest BCUT2D eigenvalue weighted by atomic mass is 19.1. The smallest absolute Gasteiger partial charge is 0.311 e. The third kappa shape index (κ3) is 1.80. The zero-order valence-corrected chi connectivity index (χ0v) is 6.04. The summed E-state index contributed by atoms with van der Waals surface area (Å²) >= 11 is 0. The topological polar surface area (TPSA) is 52.9 Å². The SMILES string of the molecule is N#CC(=O)Nc1ccccc1F. The van der Waals surface area contributed by atoms with E-state index >= 15 is 0 Å². The fourth-order valence-electron chi connectivity index (χ4n) is 0.713. The van der Waals surface area contributed by atoms with Gasteiger partial charge < -0.3 is 5.32 Å². The Balaban J connectivity index is 2.84. The lowest BCUT2D eigenvalue weighted by Gasteiger charge is -1.99. The summed E-state index contributed by atoms with van der Waals surface area (Å²) in [4.78, 5) is 10.5. The summed E-state index contributed by atoms with van der Waals surface area (Å²) < 4.78 is 12.8. The van der Waals surface area contributed by atoms with Crippen LogP contribution in [0.25, 0.3) is 0 Å². The van der Waals surface area contributed by atoms with E-state index in [-0.39, 0.29) is 5.69 Å². The third-order valence-electron chi connectivity index (χ3n) is 1.22. The van der Waals surface area contributed by atoms with Gasteiger partial charge in [-0.05, 0) is 12.1 Å². The number of carbonyl (C=O) groups excluding carboxylic acids is 1. The van der Waals surface area contributed by atoms with E-state index in [1.165, 1.54) is 24.3 Å². The van der Waals surface area contributed by atoms with Crippen molar-refractivity contribution in [2.75, 3.05) is 5.32 Å². The number of hydrogen-bond donors (Lipinski definition) is 1. The molecule has 0 aliphatic carbocycles. The number of nitriles is 1. The van der Waals surface area contributed by atoms with Gasteiger partial charge in [0.05, 0.1) is 5.69 Å². The minimum Gasteiger partial charge on any atom is -0.311 e. The zero-order valence-electron chi connectivity index (χ0n) is 6.04. The second-order valence-electron chi connectivity index (χ2n) is 2.05. The van der Waals surface area contributed by atoms with Crippen molar-refractivity contribution in [3.05, 3.63) is 30.1 Å². The molecule has 60 valence electrons. The van der Waals surface area contributed by atoms with Gasteiger partial charge in [-0.1, -0.05) is 12.1 Å². The van der Waals surface area contributed by atoms with Gasteiger partial charge in [0.1, 0.15) is 5.82 Å². The van der Waals surface area contributed by atoms with Crippen LogP contribution in [0.3, 0.4) is 0 Å². The molecule has 0 bridgehead atoms. The molecule has 0 heterocycles. The summed E-state index contributed by atoms with van der Waals surface area (Å²) in [5.74, 6) is -1.43. The van der Waals surface area contributed by atoms with Crippen LogP contribution in [0.1, 0.15) is 0 Å². The quantitative estimate of drug-likeness (QED) is 0.636. The number of benzene rings is 1. The molecule has 1 rings (SSSR count). The van der Waals surface area contributed by atoms with E-state index in [2.05, 4.69) is 5.32 Å². The van der Waals surface area contributed by atoms with Gasteiger partial charge in [-0.3, -0.25) is 4.79 Å². The molecule has 3 nitrogen and oxygen atoms in total. The molecule has 0 aliphatic rings. The molecule has 0 radical (unpaired) electrons. The molecular weight excluding hydrogens is 159 g/mol. The predicted molar refractivity (Wildman–Crippen MR) is 40.6 cm³/mol. The van der Waals surface area contributed by atoms with Crippen LogP contribution >= 0.6 is 0 Å². The van der Waals surface area contributed by atoms with Gasteiger partial charge in [0.2, 0.25) is 0 Å². The van der Waals surface area contributed by atoms with E-state index in [4.69, 9.17) is 5.26 Å². The molecule has 1 N–H and O–H groups in total. The van der Waals surface area contributed by atoms with Crippen LogP contribution in [-0.4, -0.2) is 5.91 Å². The van der Waals surface area contributed by atoms with Gasteiger partial charge in [-0.2, -0.15) is 5.26 Å². The highest BCUT2D eigenvalue weighted by Gasteiger charge is 2.03. The van der Waals surface area contributed by atoms with E-state index in [0.29, 0.717) is 0 Å². The lowest BCUT2D eigenvalue weighted by molar-refractivity contribution is -0.111. The molecule has 1 aromatic carbocycles. The van der Waals surface area contributed by atoms with Crippen LogP contribution in [0.15, 0.2) is 24.3 Å². The maximum Gasteiger partial charge on any atom is 0.326 e. The number of amides is 1. The average molecular weight is 164 g/mol. The van der Waals surface area contributed by atoms with E-state index in [0.717, 1.165) is 0 Å². The van der Waals surface area contributed by atoms with Crippen molar-refractivity contribution in [2.24, 2.45) is 0 Å². The maximum atomic E-state index is 12.8. The normalized spacial score (nSPS) is 8.67. The lowest BCUT2D eigenvalue weighted by atomic mass is 10.3. The second-order valence-corrected chi connectivity index (χ2v) is 2.05. The molecule has 4 heteroatoms. The fraction of sp³-hybridized carbons (Fsp3) is 0. The highest BCUT2D eigenvalue weighted by Crippen LogP contribution is 2.11. The predicted octanol–water partition coefficient (Wildman–Crippen LogP) is 1.29. The Kier molecular flexibility index (Phi) is 2.38. The van der Waals surface area contributed by atoms with Gasteiger partial charge in [-0.25, -0.2) is 4.39 Å². The summed E-state index contributed by atoms with van der Waals surface area (Å²) in [6, 6.07) is 6.97. The first-order valence-electron chi connectivity index (χ1n) is 3.19. The number of rotatable bonds is 1. The first kappa shape index (κ1) is 8.21. The number of nitrogens with one attached hydrogen (secondary N) is 1. The fourth-order valence-corrected chi connectivity index (χ4v) is 0.713. The second kappa shape index (κ2) is 3.49. The molecule has 0 saturated carbocycles. The molecule has 12 heavy (non-hydrogen) atoms. The van der Waals surface area contributed by atoms with Gasteiger partial charge in [0, 0.05) is 0 Å². The van der Waals surface area contributed by atoms with Crippen LogP contribution < -0.4 is 5.32 Å². The summed E-state index contributed by atoms with van der Waals surface area (Å²) in [6.07, 6.45) is 0. The summed E-state index contributed by atoms with van der Waals surface area (Å²) in [5, 5.41) is 10.2. The van der Waals surface area contributed by atoms with Crippen LogP contribution in [0.5, 0.6) is 0 Å². The van der Waals surface area contributed by atoms with E-state index in [1.54, 1.807) is 6.07 Å². The van der Waals surface area contributed by atoms with Crippen molar-refractivity contribution >= 4 is 11.6 Å². The van der Waals surface area contributed by atoms with Crippen molar-refractivity contribution < 1.29 is 9.18 Å². The molecule has 0 atom stereocenters. The molecular formula is C8H5FN2O. The first-order valence-corrected chi connectivity index (χ1v) is 3.19. The largest absolute Gasteiger partial charge is 0.326 e. The van der Waals surface area contributed by atoms with Gasteiger partial charge in [-0.15, -0.1) is 0 Å². The van der Waals surface area contributed by atoms with Crippen LogP contribution in [0, 0.1) is 17.1 Å². The van der Waals surface area contributed by atoms with Crippen molar-refractivity contribution in [3.8, 4) is 6.07 Å². The monoisotopic (exact) mass is 164 g/mol. The van der Waals surface area contributed by atoms with Gasteiger partial charge in [0.15, 0.2) is 6.07 Å². The average Bonchev–Trinajstić information content (AvgIpc) is 2.09. The van der Waals surface area contributed by atoms with Crippen LogP contribution in [0.2, 0.25) is 0 Å². The van der Waals surface area contributed by atoms with Crippen molar-refractivity contribution in [3.63, 3.8) is 0 Å². The van der Waals surface area contributed by atoms with E-state index in [1.807, 2.05) is 0 Å². The first-order chi connectivity index (χ1) is 5.74. The Hall–Kier alpha value is -1.89. The summed E-state index contributed by atoms with van der Waals surface area (Å²) in [7, 11) is 0. The molecule has 0 saturated heterocycles. The number of anilines is 1. The lowest BCUT2D eigenvalue weighted by Crippen LogP contribution is -2.09. The standard InChI is InChI=1S/C8H5FN2O/c9-6-3-1-2-4-7(6)11-8(12)5-10/h1-4H,(H,11,12). The zero-order chi connectivity index (χ0) is 8.97. The molecule has 1 aromatic rings. The molecule has 0 aromatic heterocycles.